The highest BCUT2D eigenvalue weighted by Crippen LogP contribution is 2.31. The molecule has 0 spiro atoms. The van der Waals surface area contributed by atoms with E-state index in [0.717, 1.165) is 6.54 Å². The molecule has 7 rings (SSSR count). The van der Waals surface area contributed by atoms with Crippen LogP contribution in [0.25, 0.3) is 11.3 Å². The highest BCUT2D eigenvalue weighted by atomic mass is 19.2. The fraction of sp³-hybridized carbons (Fsp3) is 0.241. The zero-order chi connectivity index (χ0) is 55.9. The Bertz CT molecular complexity index is 2840. The number of aryl methyl sites for hydroxylation is 1. The van der Waals surface area contributed by atoms with Crippen LogP contribution in [0.4, 0.5) is 87.8 Å². The molecule has 0 atom stereocenters. The number of halogens is 20. The topological polar surface area (TPSA) is 3.88 Å². The molecule has 0 bridgehead atoms. The first-order valence-electron chi connectivity index (χ1n) is 23.4. The van der Waals surface area contributed by atoms with E-state index in [0.29, 0.717) is 0 Å². The Hall–Kier alpha value is -6.87. The van der Waals surface area contributed by atoms with Crippen LogP contribution >= 0.6 is 0 Å². The van der Waals surface area contributed by atoms with Gasteiger partial charge in [-0.15, -0.1) is 21.9 Å². The van der Waals surface area contributed by atoms with Crippen LogP contribution in [0.3, 0.4) is 0 Å². The molecule has 0 radical (unpaired) electrons. The normalized spacial score (nSPS) is 11.6. The third kappa shape index (κ3) is 11.2. The summed E-state index contributed by atoms with van der Waals surface area (Å²) in [5.74, 6) is -71.4. The second kappa shape index (κ2) is 24.9. The smallest absolute Gasteiger partial charge is 0.207 e. The third-order valence-corrected chi connectivity index (χ3v) is 12.9. The van der Waals surface area contributed by atoms with E-state index >= 15 is 35.1 Å². The Morgan fingerprint density at radius 2 is 0.605 bits per heavy atom. The lowest BCUT2D eigenvalue weighted by Gasteiger charge is -2.44. The second-order valence-electron chi connectivity index (χ2n) is 17.6. The van der Waals surface area contributed by atoms with Gasteiger partial charge in [0.2, 0.25) is 5.69 Å². The van der Waals surface area contributed by atoms with Gasteiger partial charge >= 0.3 is 0 Å². The van der Waals surface area contributed by atoms with Crippen molar-refractivity contribution in [3.63, 3.8) is 0 Å². The van der Waals surface area contributed by atoms with E-state index in [-0.39, 0.29) is 0 Å². The predicted molar refractivity (Wildman–Crippen MR) is 242 cm³/mol. The molecule has 0 amide bonds. The minimum atomic E-state index is -7.22. The maximum absolute atomic E-state index is 15.4. The van der Waals surface area contributed by atoms with Crippen molar-refractivity contribution in [3.05, 3.63) is 206 Å². The Kier molecular flexibility index (Phi) is 19.1. The molecule has 0 fully saturated rings. The maximum Gasteiger partial charge on any atom is 0.212 e. The molecule has 0 aliphatic rings. The lowest BCUT2D eigenvalue weighted by molar-refractivity contribution is -0.677. The van der Waals surface area contributed by atoms with Crippen LogP contribution in [0.2, 0.25) is 0 Å². The molecule has 0 unspecified atom stereocenters. The molecular weight excluding hydrogens is 1050 g/mol. The summed E-state index contributed by atoms with van der Waals surface area (Å²) < 4.78 is 296. The van der Waals surface area contributed by atoms with Gasteiger partial charge < -0.3 is 0 Å². The number of nitrogens with zero attached hydrogens (tertiary/aromatic N) is 1. The van der Waals surface area contributed by atoms with E-state index in [9.17, 15) is 52.7 Å². The van der Waals surface area contributed by atoms with Gasteiger partial charge in [-0.25, -0.2) is 87.8 Å². The summed E-state index contributed by atoms with van der Waals surface area (Å²) in [7, 11) is 0. The Balaban J connectivity index is 0.000000264. The summed E-state index contributed by atoms with van der Waals surface area (Å²) in [5, 5.41) is 0. The molecule has 0 aliphatic heterocycles. The molecule has 404 valence electrons. The molecule has 0 aliphatic carbocycles. The van der Waals surface area contributed by atoms with Gasteiger partial charge in [-0.3, -0.25) is 0 Å². The van der Waals surface area contributed by atoms with Crippen molar-refractivity contribution in [2.45, 2.75) is 84.1 Å². The van der Waals surface area contributed by atoms with E-state index < -0.39 is 144 Å². The minimum Gasteiger partial charge on any atom is -0.207 e. The van der Waals surface area contributed by atoms with Crippen molar-refractivity contribution < 1.29 is 92.4 Å². The number of hydrogen-bond donors (Lipinski definition) is 0. The highest BCUT2D eigenvalue weighted by molar-refractivity contribution is 7.20. The molecule has 0 saturated heterocycles. The molecular formula is C54H40BF20N. The predicted octanol–water partition coefficient (Wildman–Crippen LogP) is 14.0. The number of benzene rings is 6. The largest absolute Gasteiger partial charge is 0.212 e. The van der Waals surface area contributed by atoms with E-state index in [1.807, 2.05) is 0 Å². The lowest BCUT2D eigenvalue weighted by Crippen LogP contribution is -2.81. The van der Waals surface area contributed by atoms with Gasteiger partial charge in [0.25, 0.3) is 0 Å². The lowest BCUT2D eigenvalue weighted by atomic mass is 9.12. The number of aromatic nitrogens is 1. The van der Waals surface area contributed by atoms with E-state index in [2.05, 4.69) is 90.5 Å². The molecule has 76 heavy (non-hydrogen) atoms. The molecule has 0 saturated carbocycles. The van der Waals surface area contributed by atoms with Crippen LogP contribution in [-0.4, -0.2) is 6.15 Å². The second-order valence-corrected chi connectivity index (χ2v) is 17.6. The number of hydrogen-bond acceptors (Lipinski definition) is 0. The van der Waals surface area contributed by atoms with Gasteiger partial charge in [0.15, 0.2) is 82.5 Å². The molecule has 7 aromatic rings. The van der Waals surface area contributed by atoms with Crippen LogP contribution in [0.1, 0.15) is 82.3 Å². The molecule has 0 N–H and O–H groups in total. The van der Waals surface area contributed by atoms with Crippen molar-refractivity contribution in [3.8, 4) is 11.3 Å². The number of rotatable bonds is 18. The third-order valence-electron chi connectivity index (χ3n) is 12.9. The van der Waals surface area contributed by atoms with Crippen molar-refractivity contribution in [2.24, 2.45) is 0 Å². The first-order valence-corrected chi connectivity index (χ1v) is 23.4. The van der Waals surface area contributed by atoms with Gasteiger partial charge in [0.05, 0.1) is 0 Å². The van der Waals surface area contributed by atoms with Crippen molar-refractivity contribution in [2.75, 3.05) is 0 Å². The quantitative estimate of drug-likeness (QED) is 0.0201. The number of unbranched alkanes of at least 4 members (excludes halogenated alkanes) is 9. The van der Waals surface area contributed by atoms with Gasteiger partial charge in [-0.05, 0) is 36.6 Å². The zero-order valence-electron chi connectivity index (χ0n) is 39.6. The van der Waals surface area contributed by atoms with Crippen molar-refractivity contribution in [1.29, 1.82) is 0 Å². The van der Waals surface area contributed by atoms with E-state index in [1.54, 1.807) is 0 Å². The maximum atomic E-state index is 15.4. The van der Waals surface area contributed by atoms with Gasteiger partial charge in [-0.1, -0.05) is 107 Å². The molecule has 22 heteroatoms. The molecule has 1 heterocycles. The van der Waals surface area contributed by atoms with Gasteiger partial charge in [-0.2, -0.15) is 4.57 Å². The van der Waals surface area contributed by atoms with Crippen LogP contribution in [0.15, 0.2) is 79.0 Å². The van der Waals surface area contributed by atoms with Gasteiger partial charge in [0, 0.05) is 23.3 Å². The summed E-state index contributed by atoms with van der Waals surface area (Å²) in [5.41, 5.74) is -8.96. The zero-order valence-corrected chi connectivity index (χ0v) is 39.6. The highest BCUT2D eigenvalue weighted by Gasteiger charge is 2.52. The summed E-state index contributed by atoms with van der Waals surface area (Å²) >= 11 is 0. The SMILES string of the molecule is CCCCCCCCCCCCc1ccc(-c2cccc[n+]2Cc2ccccc2)cc1.Fc1c(F)c(F)c([B-](c2c(F)c(F)c(F)c(F)c2F)(c2c(F)c(F)c(F)c(F)c2F)c2c(F)c(F)c(F)c(F)c2F)c(F)c1F. The summed E-state index contributed by atoms with van der Waals surface area (Å²) in [6, 6.07) is 26.4. The van der Waals surface area contributed by atoms with E-state index in [4.69, 9.17) is 0 Å². The van der Waals surface area contributed by atoms with Crippen molar-refractivity contribution in [1.82, 2.24) is 0 Å². The van der Waals surface area contributed by atoms with Crippen molar-refractivity contribution >= 4 is 28.0 Å². The standard InChI is InChI=1S/C30H40N.C24BF20/c1-2-3-4-5-6-7-8-9-10-12-17-27-21-23-29(24-22-27)30-20-15-16-25-31(30)26-28-18-13-11-14-19-28;26-5-1(6(27)14(35)21(42)13(5)34)25(2-7(28)15(36)22(43)16(37)8(2)29,3-9(30)17(38)23(44)18(39)10(3)31)4-11(32)19(40)24(45)20(41)12(4)33/h11,13-16,18-25H,2-10,12,17,26H2,1H3;/q+1;-1. The average molecular weight is 1090 g/mol. The Morgan fingerprint density at radius 1 is 0.303 bits per heavy atom. The summed E-state index contributed by atoms with van der Waals surface area (Å²) in [6.07, 6.45) is 10.2. The minimum absolute atomic E-state index is 0.900. The Labute approximate surface area is 421 Å². The molecule has 6 aromatic carbocycles. The number of pyridine rings is 1. The fourth-order valence-electron chi connectivity index (χ4n) is 9.19. The van der Waals surface area contributed by atoms with Gasteiger partial charge in [0.1, 0.15) is 52.7 Å². The van der Waals surface area contributed by atoms with Crippen LogP contribution < -0.4 is 26.4 Å². The van der Waals surface area contributed by atoms with E-state index in [1.165, 1.54) is 93.0 Å². The fourth-order valence-corrected chi connectivity index (χ4v) is 9.19. The molecule has 1 aromatic heterocycles. The summed E-state index contributed by atoms with van der Waals surface area (Å²) in [4.78, 5) is 0. The van der Waals surface area contributed by atoms with Crippen LogP contribution in [0.5, 0.6) is 0 Å². The Morgan fingerprint density at radius 3 is 0.947 bits per heavy atom. The molecule has 1 nitrogen and oxygen atoms in total. The first kappa shape index (κ1) is 58.4. The monoisotopic (exact) mass is 1090 g/mol. The van der Waals surface area contributed by atoms with Crippen LogP contribution in [-0.2, 0) is 13.0 Å². The van der Waals surface area contributed by atoms with Crippen LogP contribution in [0, 0.1) is 116 Å². The first-order chi connectivity index (χ1) is 36.1. The average Bonchev–Trinajstić information content (AvgIpc) is 3.42. The summed E-state index contributed by atoms with van der Waals surface area (Å²) in [6.45, 7) is 3.19.